The molecule has 1 fully saturated rings. The average molecular weight is 375 g/mol. The number of carbonyl (C=O) groups is 3. The lowest BCUT2D eigenvalue weighted by Crippen LogP contribution is -2.48. The van der Waals surface area contributed by atoms with Crippen molar-refractivity contribution >= 4 is 39.1 Å². The fourth-order valence-electron chi connectivity index (χ4n) is 3.15. The van der Waals surface area contributed by atoms with Crippen LogP contribution in [0.5, 0.6) is 0 Å². The molecule has 0 bridgehead atoms. The van der Waals surface area contributed by atoms with Crippen molar-refractivity contribution in [3.63, 3.8) is 0 Å². The van der Waals surface area contributed by atoms with E-state index in [0.29, 0.717) is 25.0 Å². The van der Waals surface area contributed by atoms with Crippen molar-refractivity contribution in [1.82, 2.24) is 5.32 Å². The number of fused-ring (bicyclic) bond motifs is 1. The molecule has 138 valence electrons. The number of aliphatic carboxylic acids is 1. The second-order valence-electron chi connectivity index (χ2n) is 6.59. The second kappa shape index (κ2) is 7.97. The van der Waals surface area contributed by atoms with Gasteiger partial charge in [0.25, 0.3) is 0 Å². The Morgan fingerprint density at radius 2 is 2.04 bits per heavy atom. The highest BCUT2D eigenvalue weighted by Gasteiger charge is 2.40. The molecule has 1 atom stereocenters. The fraction of sp³-hybridized carbons (Fsp3) is 0.421. The van der Waals surface area contributed by atoms with Gasteiger partial charge in [-0.1, -0.05) is 18.2 Å². The maximum atomic E-state index is 12.4. The number of ketones is 1. The fourth-order valence-corrected chi connectivity index (χ4v) is 4.11. The van der Waals surface area contributed by atoms with Gasteiger partial charge in [0.1, 0.15) is 5.41 Å². The standard InChI is InChI=1S/C19H21NO5S/c21-15(14-10-26-16-5-2-1-4-13(14)16)6-7-17(22)20-11-19(18(23)24)8-3-9-25-12-19/h1-2,4-5,10H,3,6-9,11-12H2,(H,20,22)(H,23,24). The third-order valence-corrected chi connectivity index (χ3v) is 5.72. The first kappa shape index (κ1) is 18.5. The number of carboxylic acid groups (broad SMARTS) is 1. The van der Waals surface area contributed by atoms with E-state index in [1.807, 2.05) is 29.6 Å². The highest BCUT2D eigenvalue weighted by atomic mass is 32.1. The number of amides is 1. The molecule has 1 unspecified atom stereocenters. The number of nitrogens with one attached hydrogen (secondary N) is 1. The molecular formula is C19H21NO5S. The summed E-state index contributed by atoms with van der Waals surface area (Å²) >= 11 is 1.51. The summed E-state index contributed by atoms with van der Waals surface area (Å²) in [7, 11) is 0. The molecular weight excluding hydrogens is 354 g/mol. The number of ether oxygens (including phenoxy) is 1. The second-order valence-corrected chi connectivity index (χ2v) is 7.50. The highest BCUT2D eigenvalue weighted by molar-refractivity contribution is 7.17. The van der Waals surface area contributed by atoms with Gasteiger partial charge >= 0.3 is 5.97 Å². The summed E-state index contributed by atoms with van der Waals surface area (Å²) in [4.78, 5) is 36.1. The SMILES string of the molecule is O=C(CCC(=O)c1csc2ccccc12)NCC1(C(=O)O)CCCOC1. The van der Waals surface area contributed by atoms with E-state index in [9.17, 15) is 19.5 Å². The van der Waals surface area contributed by atoms with Crippen LogP contribution in [0.25, 0.3) is 10.1 Å². The van der Waals surface area contributed by atoms with Gasteiger partial charge in [-0.15, -0.1) is 11.3 Å². The topological polar surface area (TPSA) is 92.7 Å². The molecule has 0 spiro atoms. The molecule has 7 heteroatoms. The number of hydrogen-bond donors (Lipinski definition) is 2. The summed E-state index contributed by atoms with van der Waals surface area (Å²) in [6.07, 6.45) is 1.27. The van der Waals surface area contributed by atoms with Crippen LogP contribution in [0, 0.1) is 5.41 Å². The Bertz CT molecular complexity index is 822. The minimum atomic E-state index is -1.07. The van der Waals surface area contributed by atoms with E-state index >= 15 is 0 Å². The highest BCUT2D eigenvalue weighted by Crippen LogP contribution is 2.29. The monoisotopic (exact) mass is 375 g/mol. The summed E-state index contributed by atoms with van der Waals surface area (Å²) in [5.41, 5.74) is -0.428. The largest absolute Gasteiger partial charge is 0.481 e. The summed E-state index contributed by atoms with van der Waals surface area (Å²) < 4.78 is 6.32. The third kappa shape index (κ3) is 3.94. The van der Waals surface area contributed by atoms with Crippen LogP contribution in [0.15, 0.2) is 29.6 Å². The lowest BCUT2D eigenvalue weighted by molar-refractivity contribution is -0.157. The van der Waals surface area contributed by atoms with Gasteiger partial charge in [0.2, 0.25) is 5.91 Å². The zero-order chi connectivity index (χ0) is 18.6. The molecule has 1 saturated heterocycles. The van der Waals surface area contributed by atoms with Gasteiger partial charge in [-0.2, -0.15) is 0 Å². The van der Waals surface area contributed by atoms with Gasteiger partial charge in [-0.25, -0.2) is 0 Å². The first-order valence-electron chi connectivity index (χ1n) is 8.59. The van der Waals surface area contributed by atoms with Crippen molar-refractivity contribution < 1.29 is 24.2 Å². The van der Waals surface area contributed by atoms with Crippen LogP contribution in [0.2, 0.25) is 0 Å². The van der Waals surface area contributed by atoms with Crippen molar-refractivity contribution in [2.75, 3.05) is 19.8 Å². The number of rotatable bonds is 7. The van der Waals surface area contributed by atoms with Crippen molar-refractivity contribution in [2.24, 2.45) is 5.41 Å². The molecule has 1 aromatic heterocycles. The number of benzene rings is 1. The van der Waals surface area contributed by atoms with Gasteiger partial charge in [-0.05, 0) is 18.9 Å². The number of hydrogen-bond acceptors (Lipinski definition) is 5. The molecule has 26 heavy (non-hydrogen) atoms. The Balaban J connectivity index is 1.53. The Hall–Kier alpha value is -2.25. The lowest BCUT2D eigenvalue weighted by Gasteiger charge is -2.32. The Kier molecular flexibility index (Phi) is 5.68. The van der Waals surface area contributed by atoms with Crippen molar-refractivity contribution in [1.29, 1.82) is 0 Å². The molecule has 0 radical (unpaired) electrons. The van der Waals surface area contributed by atoms with Crippen LogP contribution in [0.3, 0.4) is 0 Å². The van der Waals surface area contributed by atoms with E-state index in [-0.39, 0.29) is 37.7 Å². The maximum Gasteiger partial charge on any atom is 0.313 e. The molecule has 1 aromatic carbocycles. The Morgan fingerprint density at radius 3 is 2.77 bits per heavy atom. The van der Waals surface area contributed by atoms with Gasteiger partial charge in [0, 0.05) is 47.0 Å². The molecule has 2 N–H and O–H groups in total. The zero-order valence-corrected chi connectivity index (χ0v) is 15.1. The van der Waals surface area contributed by atoms with Crippen LogP contribution in [-0.4, -0.2) is 42.5 Å². The minimum absolute atomic E-state index is 0.0245. The van der Waals surface area contributed by atoms with E-state index in [0.717, 1.165) is 10.1 Å². The predicted molar refractivity (Wildman–Crippen MR) is 98.5 cm³/mol. The first-order valence-corrected chi connectivity index (χ1v) is 9.47. The minimum Gasteiger partial charge on any atom is -0.481 e. The molecule has 3 rings (SSSR count). The normalized spacial score (nSPS) is 20.0. The zero-order valence-electron chi connectivity index (χ0n) is 14.3. The van der Waals surface area contributed by atoms with Gasteiger partial charge in [0.15, 0.2) is 5.78 Å². The van der Waals surface area contributed by atoms with E-state index in [1.165, 1.54) is 11.3 Å². The lowest BCUT2D eigenvalue weighted by atomic mass is 9.82. The summed E-state index contributed by atoms with van der Waals surface area (Å²) in [5.74, 6) is -1.35. The van der Waals surface area contributed by atoms with Gasteiger partial charge in [0.05, 0.1) is 6.61 Å². The van der Waals surface area contributed by atoms with Crippen LogP contribution >= 0.6 is 11.3 Å². The molecule has 2 aromatic rings. The number of thiophene rings is 1. The molecule has 1 amide bonds. The number of carbonyl (C=O) groups excluding carboxylic acids is 2. The molecule has 0 saturated carbocycles. The van der Waals surface area contributed by atoms with Crippen LogP contribution < -0.4 is 5.32 Å². The van der Waals surface area contributed by atoms with Crippen LogP contribution in [0.4, 0.5) is 0 Å². The Morgan fingerprint density at radius 1 is 1.23 bits per heavy atom. The molecule has 6 nitrogen and oxygen atoms in total. The van der Waals surface area contributed by atoms with E-state index in [1.54, 1.807) is 0 Å². The summed E-state index contributed by atoms with van der Waals surface area (Å²) in [6.45, 7) is 0.672. The van der Waals surface area contributed by atoms with Crippen molar-refractivity contribution in [2.45, 2.75) is 25.7 Å². The third-order valence-electron chi connectivity index (χ3n) is 4.76. The van der Waals surface area contributed by atoms with Crippen LogP contribution in [-0.2, 0) is 14.3 Å². The molecule has 0 aliphatic carbocycles. The number of Topliss-reactive ketones (excluding diaryl/α,β-unsaturated/α-hetero) is 1. The van der Waals surface area contributed by atoms with E-state index in [2.05, 4.69) is 5.32 Å². The number of carboxylic acids is 1. The first-order chi connectivity index (χ1) is 12.5. The maximum absolute atomic E-state index is 12.4. The van der Waals surface area contributed by atoms with E-state index in [4.69, 9.17) is 4.74 Å². The smallest absolute Gasteiger partial charge is 0.313 e. The van der Waals surface area contributed by atoms with Crippen molar-refractivity contribution in [3.8, 4) is 0 Å². The molecule has 2 heterocycles. The summed E-state index contributed by atoms with van der Waals surface area (Å²) in [6, 6.07) is 7.67. The summed E-state index contributed by atoms with van der Waals surface area (Å²) in [5, 5.41) is 14.9. The quantitative estimate of drug-likeness (QED) is 0.726. The molecule has 1 aliphatic rings. The van der Waals surface area contributed by atoms with Crippen molar-refractivity contribution in [3.05, 3.63) is 35.2 Å². The Labute approximate surface area is 155 Å². The van der Waals surface area contributed by atoms with E-state index < -0.39 is 11.4 Å². The average Bonchev–Trinajstić information content (AvgIpc) is 3.09. The van der Waals surface area contributed by atoms with Gasteiger partial charge < -0.3 is 15.2 Å². The van der Waals surface area contributed by atoms with Crippen LogP contribution in [0.1, 0.15) is 36.0 Å². The van der Waals surface area contributed by atoms with Gasteiger partial charge in [-0.3, -0.25) is 14.4 Å². The predicted octanol–water partition coefficient (Wildman–Crippen LogP) is 2.86. The molecule has 1 aliphatic heterocycles.